The molecule has 0 saturated carbocycles. The summed E-state index contributed by atoms with van der Waals surface area (Å²) >= 11 is 3.45. The Labute approximate surface area is 167 Å². The third kappa shape index (κ3) is 6.29. The Morgan fingerprint density at radius 3 is 2.33 bits per heavy atom. The van der Waals surface area contributed by atoms with Gasteiger partial charge < -0.3 is 19.1 Å². The summed E-state index contributed by atoms with van der Waals surface area (Å²) in [7, 11) is 3.23. The van der Waals surface area contributed by atoms with Crippen molar-refractivity contribution in [2.45, 2.75) is 19.6 Å². The normalized spacial score (nSPS) is 11.4. The molecule has 0 N–H and O–H groups in total. The van der Waals surface area contributed by atoms with Crippen molar-refractivity contribution in [1.29, 1.82) is 0 Å². The number of likely N-dealkylation sites (N-methyl/N-ethyl adjacent to an activating group) is 1. The predicted molar refractivity (Wildman–Crippen MR) is 105 cm³/mol. The van der Waals surface area contributed by atoms with E-state index in [1.54, 1.807) is 45.3 Å². The largest absolute Gasteiger partial charge is 0.497 e. The Balaban J connectivity index is 1.80. The van der Waals surface area contributed by atoms with Gasteiger partial charge in [0.15, 0.2) is 12.7 Å². The van der Waals surface area contributed by atoms with Crippen molar-refractivity contribution < 1.29 is 23.8 Å². The Hall–Kier alpha value is -2.54. The Morgan fingerprint density at radius 2 is 1.70 bits per heavy atom. The molecule has 0 aliphatic rings. The molecule has 0 aliphatic carbocycles. The van der Waals surface area contributed by atoms with Gasteiger partial charge in [-0.15, -0.1) is 0 Å². The van der Waals surface area contributed by atoms with Crippen LogP contribution in [0.4, 0.5) is 0 Å². The molecular formula is C20H22BrNO5. The predicted octanol–water partition coefficient (Wildman–Crippen LogP) is 3.43. The van der Waals surface area contributed by atoms with Gasteiger partial charge in [0, 0.05) is 18.1 Å². The zero-order chi connectivity index (χ0) is 19.8. The van der Waals surface area contributed by atoms with Crippen LogP contribution in [0.25, 0.3) is 0 Å². The Morgan fingerprint density at radius 1 is 1.07 bits per heavy atom. The lowest BCUT2D eigenvalue weighted by molar-refractivity contribution is -0.157. The highest BCUT2D eigenvalue weighted by molar-refractivity contribution is 9.10. The summed E-state index contributed by atoms with van der Waals surface area (Å²) in [5.74, 6) is 0.304. The van der Waals surface area contributed by atoms with Gasteiger partial charge in [-0.1, -0.05) is 34.1 Å². The van der Waals surface area contributed by atoms with E-state index in [9.17, 15) is 9.59 Å². The highest BCUT2D eigenvalue weighted by Crippen LogP contribution is 2.19. The lowest BCUT2D eigenvalue weighted by Gasteiger charge is -2.19. The quantitative estimate of drug-likeness (QED) is 0.594. The molecule has 27 heavy (non-hydrogen) atoms. The van der Waals surface area contributed by atoms with Crippen molar-refractivity contribution in [2.24, 2.45) is 0 Å². The van der Waals surface area contributed by atoms with Crippen LogP contribution in [0.15, 0.2) is 53.0 Å². The Bertz CT molecular complexity index is 778. The van der Waals surface area contributed by atoms with Crippen molar-refractivity contribution in [3.8, 4) is 11.5 Å². The van der Waals surface area contributed by atoms with Crippen molar-refractivity contribution in [1.82, 2.24) is 4.90 Å². The molecule has 2 aromatic carbocycles. The number of hydrogen-bond donors (Lipinski definition) is 0. The van der Waals surface area contributed by atoms with Crippen molar-refractivity contribution in [2.75, 3.05) is 20.8 Å². The molecule has 2 rings (SSSR count). The summed E-state index contributed by atoms with van der Waals surface area (Å²) in [4.78, 5) is 25.8. The molecule has 0 bridgehead atoms. The molecule has 0 radical (unpaired) electrons. The number of hydrogen-bond acceptors (Lipinski definition) is 5. The number of halogens is 1. The molecule has 0 heterocycles. The van der Waals surface area contributed by atoms with E-state index in [2.05, 4.69) is 15.9 Å². The van der Waals surface area contributed by atoms with E-state index in [1.807, 2.05) is 24.3 Å². The number of methoxy groups -OCH3 is 1. The number of rotatable bonds is 8. The fraction of sp³-hybridized carbons (Fsp3) is 0.300. The molecule has 1 unspecified atom stereocenters. The molecule has 1 amide bonds. The van der Waals surface area contributed by atoms with Gasteiger partial charge in [0.1, 0.15) is 11.5 Å². The maximum Gasteiger partial charge on any atom is 0.347 e. The van der Waals surface area contributed by atoms with E-state index in [-0.39, 0.29) is 12.5 Å². The minimum Gasteiger partial charge on any atom is -0.497 e. The number of carbonyl (C=O) groups excluding carboxylic acids is 2. The van der Waals surface area contributed by atoms with E-state index in [0.29, 0.717) is 18.0 Å². The molecule has 144 valence electrons. The molecule has 1 atom stereocenters. The van der Waals surface area contributed by atoms with Crippen LogP contribution in [0.3, 0.4) is 0 Å². The number of carbonyl (C=O) groups is 2. The van der Waals surface area contributed by atoms with Crippen LogP contribution in [-0.4, -0.2) is 43.6 Å². The van der Waals surface area contributed by atoms with Crippen LogP contribution < -0.4 is 9.47 Å². The average molecular weight is 436 g/mol. The van der Waals surface area contributed by atoms with Gasteiger partial charge in [-0.3, -0.25) is 4.79 Å². The van der Waals surface area contributed by atoms with Crippen LogP contribution in [0.2, 0.25) is 0 Å². The highest BCUT2D eigenvalue weighted by atomic mass is 79.9. The maximum absolute atomic E-state index is 12.2. The van der Waals surface area contributed by atoms with Crippen LogP contribution in [0.5, 0.6) is 11.5 Å². The fourth-order valence-electron chi connectivity index (χ4n) is 2.24. The summed E-state index contributed by atoms with van der Waals surface area (Å²) < 4.78 is 16.6. The molecular weight excluding hydrogens is 414 g/mol. The number of ether oxygens (including phenoxy) is 3. The van der Waals surface area contributed by atoms with Gasteiger partial charge in [-0.05, 0) is 42.8 Å². The second kappa shape index (κ2) is 9.97. The second-order valence-electron chi connectivity index (χ2n) is 5.88. The first-order valence-corrected chi connectivity index (χ1v) is 9.14. The van der Waals surface area contributed by atoms with E-state index < -0.39 is 12.1 Å². The maximum atomic E-state index is 12.2. The summed E-state index contributed by atoms with van der Waals surface area (Å²) in [6, 6.07) is 14.5. The first-order chi connectivity index (χ1) is 12.9. The van der Waals surface area contributed by atoms with Crippen molar-refractivity contribution in [3.05, 3.63) is 58.6 Å². The second-order valence-corrected chi connectivity index (χ2v) is 6.74. The van der Waals surface area contributed by atoms with Gasteiger partial charge in [0.2, 0.25) is 0 Å². The van der Waals surface area contributed by atoms with Gasteiger partial charge in [-0.25, -0.2) is 4.79 Å². The van der Waals surface area contributed by atoms with Gasteiger partial charge in [0.25, 0.3) is 5.91 Å². The van der Waals surface area contributed by atoms with Gasteiger partial charge >= 0.3 is 5.97 Å². The van der Waals surface area contributed by atoms with Crippen LogP contribution in [0, 0.1) is 0 Å². The van der Waals surface area contributed by atoms with E-state index in [4.69, 9.17) is 14.2 Å². The first-order valence-electron chi connectivity index (χ1n) is 8.35. The molecule has 0 saturated heterocycles. The van der Waals surface area contributed by atoms with E-state index in [0.717, 1.165) is 10.0 Å². The summed E-state index contributed by atoms with van der Waals surface area (Å²) in [6.07, 6.45) is -0.834. The molecule has 6 nitrogen and oxygen atoms in total. The summed E-state index contributed by atoms with van der Waals surface area (Å²) in [6.45, 7) is 1.65. The number of nitrogens with zero attached hydrogens (tertiary/aromatic N) is 1. The van der Waals surface area contributed by atoms with Crippen LogP contribution >= 0.6 is 15.9 Å². The lowest BCUT2D eigenvalue weighted by atomic mass is 10.2. The summed E-state index contributed by atoms with van der Waals surface area (Å²) in [5.41, 5.74) is 0.968. The van der Waals surface area contributed by atoms with E-state index >= 15 is 0 Å². The number of esters is 1. The number of benzene rings is 2. The number of amides is 1. The third-order valence-corrected chi connectivity index (χ3v) is 4.61. The third-order valence-electron chi connectivity index (χ3n) is 3.83. The monoisotopic (exact) mass is 435 g/mol. The molecule has 0 aromatic heterocycles. The zero-order valence-corrected chi connectivity index (χ0v) is 17.1. The smallest absolute Gasteiger partial charge is 0.347 e. The van der Waals surface area contributed by atoms with Gasteiger partial charge in [0.05, 0.1) is 7.11 Å². The molecule has 2 aromatic rings. The van der Waals surface area contributed by atoms with Crippen molar-refractivity contribution >= 4 is 27.8 Å². The lowest BCUT2D eigenvalue weighted by Crippen LogP contribution is -2.34. The van der Waals surface area contributed by atoms with Gasteiger partial charge in [-0.2, -0.15) is 0 Å². The minimum atomic E-state index is -0.834. The van der Waals surface area contributed by atoms with Crippen LogP contribution in [-0.2, 0) is 20.9 Å². The molecule has 7 heteroatoms. The molecule has 0 spiro atoms. The molecule has 0 fully saturated rings. The minimum absolute atomic E-state index is 0.296. The average Bonchev–Trinajstić information content (AvgIpc) is 2.68. The topological polar surface area (TPSA) is 65.1 Å². The first kappa shape index (κ1) is 20.8. The fourth-order valence-corrected chi connectivity index (χ4v) is 2.65. The van der Waals surface area contributed by atoms with Crippen LogP contribution in [0.1, 0.15) is 12.5 Å². The molecule has 0 aliphatic heterocycles. The Kier molecular flexibility index (Phi) is 7.67. The zero-order valence-electron chi connectivity index (χ0n) is 15.5. The highest BCUT2D eigenvalue weighted by Gasteiger charge is 2.19. The summed E-state index contributed by atoms with van der Waals surface area (Å²) in [5, 5.41) is 0. The van der Waals surface area contributed by atoms with Crippen molar-refractivity contribution in [3.63, 3.8) is 0 Å². The standard InChI is InChI=1S/C20H22BrNO5/c1-14(27-17-10-8-16(25-3)9-11-17)20(24)26-13-19(23)22(2)12-15-6-4-5-7-18(15)21/h4-11,14H,12-13H2,1-3H3. The van der Waals surface area contributed by atoms with E-state index in [1.165, 1.54) is 4.90 Å². The SMILES string of the molecule is COc1ccc(OC(C)C(=O)OCC(=O)N(C)Cc2ccccc2Br)cc1.